The van der Waals surface area contributed by atoms with E-state index in [4.69, 9.17) is 0 Å². The third-order valence-electron chi connectivity index (χ3n) is 8.27. The van der Waals surface area contributed by atoms with Crippen LogP contribution in [0.5, 0.6) is 0 Å². The van der Waals surface area contributed by atoms with Crippen LogP contribution in [0.1, 0.15) is 45.1 Å². The highest BCUT2D eigenvalue weighted by Gasteiger charge is 2.52. The van der Waals surface area contributed by atoms with Gasteiger partial charge in [0.15, 0.2) is 5.85 Å². The van der Waals surface area contributed by atoms with Gasteiger partial charge in [0.2, 0.25) is 0 Å². The van der Waals surface area contributed by atoms with Crippen LogP contribution in [0.4, 0.5) is 0 Å². The van der Waals surface area contributed by atoms with Crippen LogP contribution in [-0.2, 0) is 0 Å². The summed E-state index contributed by atoms with van der Waals surface area (Å²) in [4.78, 5) is 0. The highest BCUT2D eigenvalue weighted by Crippen LogP contribution is 2.66. The zero-order valence-electron chi connectivity index (χ0n) is 20.3. The molecular formula is C32H36OP+. The van der Waals surface area contributed by atoms with Crippen molar-refractivity contribution >= 4 is 23.9 Å². The largest absolute Gasteiger partial charge is 0.355 e. The van der Waals surface area contributed by atoms with Crippen molar-refractivity contribution in [3.63, 3.8) is 0 Å². The highest BCUT2D eigenvalue weighted by atomic mass is 31.2. The summed E-state index contributed by atoms with van der Waals surface area (Å²) in [5.74, 6) is 3.06. The molecule has 1 N–H and O–H groups in total. The van der Waals surface area contributed by atoms with E-state index in [-0.39, 0.29) is 0 Å². The highest BCUT2D eigenvalue weighted by molar-refractivity contribution is 7.92. The van der Waals surface area contributed by atoms with Crippen molar-refractivity contribution in [3.05, 3.63) is 114 Å². The van der Waals surface area contributed by atoms with Crippen molar-refractivity contribution in [3.8, 4) is 0 Å². The number of hydrogen-bond acceptors (Lipinski definition) is 1. The summed E-state index contributed by atoms with van der Waals surface area (Å²) in [6.07, 6.45) is 9.37. The Hall–Kier alpha value is -2.47. The fraction of sp³-hybridized carbons (Fsp3) is 0.312. The Bertz CT molecular complexity index is 1110. The van der Waals surface area contributed by atoms with Crippen LogP contribution in [0, 0.1) is 17.3 Å². The number of benzene rings is 3. The predicted octanol–water partition coefficient (Wildman–Crippen LogP) is 7.42. The number of hydrogen-bond donors (Lipinski definition) is 1. The van der Waals surface area contributed by atoms with Gasteiger partial charge < -0.3 is 5.11 Å². The molecule has 0 radical (unpaired) electrons. The molecule has 2 aliphatic rings. The first kappa shape index (κ1) is 23.3. The van der Waals surface area contributed by atoms with E-state index in [0.717, 1.165) is 12.3 Å². The van der Waals surface area contributed by atoms with Gasteiger partial charge in [-0.1, -0.05) is 86.7 Å². The van der Waals surface area contributed by atoms with Gasteiger partial charge in [-0.3, -0.25) is 0 Å². The molecule has 0 spiro atoms. The second-order valence-electron chi connectivity index (χ2n) is 10.6. The van der Waals surface area contributed by atoms with Gasteiger partial charge in [0.1, 0.15) is 17.9 Å². The van der Waals surface area contributed by atoms with Crippen molar-refractivity contribution in [1.82, 2.24) is 0 Å². The van der Waals surface area contributed by atoms with Crippen molar-refractivity contribution in [2.75, 3.05) is 0 Å². The minimum Gasteiger partial charge on any atom is -0.355 e. The summed E-state index contributed by atoms with van der Waals surface area (Å²) in [7, 11) is -2.30. The van der Waals surface area contributed by atoms with Crippen LogP contribution >= 0.6 is 7.26 Å². The molecule has 5 rings (SSSR count). The third-order valence-corrected chi connectivity index (χ3v) is 12.3. The van der Waals surface area contributed by atoms with Gasteiger partial charge in [-0.05, 0) is 84.4 Å². The van der Waals surface area contributed by atoms with Gasteiger partial charge in [-0.2, -0.15) is 0 Å². The lowest BCUT2D eigenvalue weighted by atomic mass is 9.60. The van der Waals surface area contributed by atoms with E-state index in [2.05, 4.69) is 123 Å². The number of aliphatic hydroxyl groups is 1. The summed E-state index contributed by atoms with van der Waals surface area (Å²) in [5.41, 5.74) is 2.86. The average molecular weight is 468 g/mol. The van der Waals surface area contributed by atoms with Gasteiger partial charge in [-0.15, -0.1) is 0 Å². The van der Waals surface area contributed by atoms with E-state index >= 15 is 0 Å². The lowest BCUT2D eigenvalue weighted by Crippen LogP contribution is -2.39. The van der Waals surface area contributed by atoms with E-state index in [1.807, 2.05) is 0 Å². The third kappa shape index (κ3) is 4.33. The minimum atomic E-state index is -2.30. The molecular weight excluding hydrogens is 431 g/mol. The molecule has 2 aliphatic carbocycles. The molecule has 2 heteroatoms. The zero-order valence-corrected chi connectivity index (χ0v) is 21.2. The molecule has 1 fully saturated rings. The standard InChI is InChI=1S/C32H36OP/c1-32(2)22-20-26-24-27(32)18-19-30(26)31(33)34(28-14-8-4-9-15-28,29-16-10-5-11-17-29)23-21-25-12-6-3-7-13-25/h3-17,19,21,23,26-27,31,33H,18,20,22,24H2,1-2H3/q+1/b23-21+/t26-,27-,31?/m0/s1. The van der Waals surface area contributed by atoms with Crippen LogP contribution in [0.25, 0.3) is 6.08 Å². The Morgan fingerprint density at radius 1 is 0.853 bits per heavy atom. The molecule has 1 unspecified atom stereocenters. The summed E-state index contributed by atoms with van der Waals surface area (Å²) in [6.45, 7) is 4.86. The Morgan fingerprint density at radius 3 is 2.00 bits per heavy atom. The molecule has 1 nitrogen and oxygen atoms in total. The molecule has 3 aromatic carbocycles. The molecule has 0 saturated heterocycles. The monoisotopic (exact) mass is 467 g/mol. The molecule has 3 atom stereocenters. The molecule has 2 bridgehead atoms. The fourth-order valence-electron chi connectivity index (χ4n) is 6.05. The van der Waals surface area contributed by atoms with Crippen LogP contribution in [0.15, 0.2) is 108 Å². The number of allylic oxidation sites excluding steroid dienone is 1. The molecule has 34 heavy (non-hydrogen) atoms. The van der Waals surface area contributed by atoms with Gasteiger partial charge in [0.25, 0.3) is 0 Å². The summed E-state index contributed by atoms with van der Waals surface area (Å²) >= 11 is 0. The molecule has 3 aromatic rings. The number of aliphatic hydroxyl groups excluding tert-OH is 1. The zero-order chi connectivity index (χ0) is 23.6. The van der Waals surface area contributed by atoms with E-state index in [1.165, 1.54) is 41.0 Å². The smallest absolute Gasteiger partial charge is 0.200 e. The van der Waals surface area contributed by atoms with Crippen molar-refractivity contribution in [2.24, 2.45) is 17.3 Å². The average Bonchev–Trinajstić information content (AvgIpc) is 2.89. The number of rotatable bonds is 6. The van der Waals surface area contributed by atoms with Crippen molar-refractivity contribution in [1.29, 1.82) is 0 Å². The molecule has 0 aliphatic heterocycles. The summed E-state index contributed by atoms with van der Waals surface area (Å²) in [6, 6.07) is 32.0. The molecule has 0 heterocycles. The van der Waals surface area contributed by atoms with Crippen LogP contribution in [0.3, 0.4) is 0 Å². The summed E-state index contributed by atoms with van der Waals surface area (Å²) < 4.78 is 0. The first-order valence-corrected chi connectivity index (χ1v) is 14.6. The van der Waals surface area contributed by atoms with E-state index in [0.29, 0.717) is 11.3 Å². The molecule has 0 aromatic heterocycles. The molecule has 1 saturated carbocycles. The predicted molar refractivity (Wildman–Crippen MR) is 148 cm³/mol. The Morgan fingerprint density at radius 2 is 1.41 bits per heavy atom. The molecule has 0 amide bonds. The van der Waals surface area contributed by atoms with Crippen LogP contribution in [0.2, 0.25) is 0 Å². The Labute approximate surface area is 205 Å². The van der Waals surface area contributed by atoms with Crippen LogP contribution < -0.4 is 10.6 Å². The van der Waals surface area contributed by atoms with Gasteiger partial charge in [0, 0.05) is 0 Å². The number of fused-ring (bicyclic) bond motifs is 2. The van der Waals surface area contributed by atoms with Gasteiger partial charge in [-0.25, -0.2) is 0 Å². The van der Waals surface area contributed by atoms with Crippen molar-refractivity contribution in [2.45, 2.75) is 45.4 Å². The first-order chi connectivity index (χ1) is 16.5. The van der Waals surface area contributed by atoms with Gasteiger partial charge >= 0.3 is 0 Å². The maximum atomic E-state index is 12.4. The quantitative estimate of drug-likeness (QED) is 0.295. The lowest BCUT2D eigenvalue weighted by molar-refractivity contribution is 0.0939. The Kier molecular flexibility index (Phi) is 6.61. The minimum absolute atomic E-state index is 0.405. The topological polar surface area (TPSA) is 20.2 Å². The SMILES string of the molecule is CC1(C)CC[C@H]2C[C@@H]1CC=C2C(O)[P+](/C=C/c1ccccc1)(c1ccccc1)c1ccccc1. The van der Waals surface area contributed by atoms with E-state index < -0.39 is 13.1 Å². The molecule has 174 valence electrons. The normalized spacial score (nSPS) is 22.9. The maximum absolute atomic E-state index is 12.4. The van der Waals surface area contributed by atoms with Crippen molar-refractivity contribution < 1.29 is 5.11 Å². The lowest BCUT2D eigenvalue weighted by Gasteiger charge is -2.46. The maximum Gasteiger partial charge on any atom is 0.200 e. The second-order valence-corrected chi connectivity index (χ2v) is 14.0. The van der Waals surface area contributed by atoms with Crippen LogP contribution in [-0.4, -0.2) is 11.0 Å². The summed E-state index contributed by atoms with van der Waals surface area (Å²) in [5, 5.41) is 14.9. The fourth-order valence-corrected chi connectivity index (χ4v) is 9.94. The second kappa shape index (κ2) is 9.65. The Balaban J connectivity index is 1.67. The van der Waals surface area contributed by atoms with E-state index in [1.54, 1.807) is 0 Å². The van der Waals surface area contributed by atoms with E-state index in [9.17, 15) is 5.11 Å². The first-order valence-electron chi connectivity index (χ1n) is 12.6. The van der Waals surface area contributed by atoms with Gasteiger partial charge in [0.05, 0.1) is 5.82 Å².